The number of carbonyl (C=O) groups excluding carboxylic acids is 2. The van der Waals surface area contributed by atoms with E-state index >= 15 is 0 Å². The van der Waals surface area contributed by atoms with E-state index in [2.05, 4.69) is 5.32 Å². The third-order valence-electron chi connectivity index (χ3n) is 1.35. The molecule has 0 aliphatic carbocycles. The number of Topliss-reactive ketones (excluding diaryl/α,β-unsaturated/α-hetero) is 1. The molecule has 5 nitrogen and oxygen atoms in total. The molecule has 1 atom stereocenters. The van der Waals surface area contributed by atoms with E-state index in [-0.39, 0.29) is 5.78 Å². The summed E-state index contributed by atoms with van der Waals surface area (Å²) in [6.07, 6.45) is 1.57. The van der Waals surface area contributed by atoms with Crippen LogP contribution in [-0.4, -0.2) is 28.8 Å². The van der Waals surface area contributed by atoms with Crippen LogP contribution < -0.4 is 5.32 Å². The maximum Gasteiger partial charge on any atom is 0.328 e. The molecule has 72 valence electrons. The van der Waals surface area contributed by atoms with Crippen molar-refractivity contribution in [2.45, 2.75) is 19.9 Å². The van der Waals surface area contributed by atoms with Gasteiger partial charge in [-0.2, -0.15) is 0 Å². The summed E-state index contributed by atoms with van der Waals surface area (Å²) in [6, 6.07) is -0.592. The first-order valence-corrected chi connectivity index (χ1v) is 3.65. The van der Waals surface area contributed by atoms with Crippen molar-refractivity contribution in [3.63, 3.8) is 0 Å². The van der Waals surface area contributed by atoms with Crippen molar-refractivity contribution in [2.75, 3.05) is 0 Å². The molecule has 0 aromatic carbocycles. The number of hydrogen-bond acceptors (Lipinski definition) is 3. The Morgan fingerprint density at radius 1 is 1.31 bits per heavy atom. The SMILES string of the molecule is CC(=O)C(C)NC(=O)/C=C\C(=O)O. The highest BCUT2D eigenvalue weighted by Gasteiger charge is 2.08. The predicted molar refractivity (Wildman–Crippen MR) is 45.1 cm³/mol. The van der Waals surface area contributed by atoms with Gasteiger partial charge in [0.05, 0.1) is 6.04 Å². The number of ketones is 1. The van der Waals surface area contributed by atoms with Crippen LogP contribution in [-0.2, 0) is 14.4 Å². The van der Waals surface area contributed by atoms with Gasteiger partial charge in [0.1, 0.15) is 0 Å². The Labute approximate surface area is 75.4 Å². The normalized spacial score (nSPS) is 12.5. The lowest BCUT2D eigenvalue weighted by Crippen LogP contribution is -2.36. The van der Waals surface area contributed by atoms with Crippen LogP contribution in [0.3, 0.4) is 0 Å². The Morgan fingerprint density at radius 3 is 2.23 bits per heavy atom. The Kier molecular flexibility index (Phi) is 4.43. The van der Waals surface area contributed by atoms with Crippen LogP contribution >= 0.6 is 0 Å². The molecule has 0 aliphatic rings. The molecule has 0 aromatic heterocycles. The molecule has 0 saturated carbocycles. The highest BCUT2D eigenvalue weighted by atomic mass is 16.4. The number of rotatable bonds is 4. The molecule has 13 heavy (non-hydrogen) atoms. The largest absolute Gasteiger partial charge is 0.478 e. The quantitative estimate of drug-likeness (QED) is 0.590. The van der Waals surface area contributed by atoms with Gasteiger partial charge < -0.3 is 10.4 Å². The van der Waals surface area contributed by atoms with Gasteiger partial charge in [-0.1, -0.05) is 0 Å². The summed E-state index contributed by atoms with van der Waals surface area (Å²) in [7, 11) is 0. The van der Waals surface area contributed by atoms with Crippen LogP contribution in [0.4, 0.5) is 0 Å². The van der Waals surface area contributed by atoms with Gasteiger partial charge in [0.2, 0.25) is 5.91 Å². The minimum atomic E-state index is -1.20. The van der Waals surface area contributed by atoms with E-state index in [0.29, 0.717) is 6.08 Å². The van der Waals surface area contributed by atoms with Gasteiger partial charge >= 0.3 is 5.97 Å². The van der Waals surface area contributed by atoms with Gasteiger partial charge in [0.25, 0.3) is 0 Å². The molecule has 0 saturated heterocycles. The van der Waals surface area contributed by atoms with E-state index in [0.717, 1.165) is 6.08 Å². The zero-order valence-electron chi connectivity index (χ0n) is 7.40. The van der Waals surface area contributed by atoms with Crippen molar-refractivity contribution in [3.8, 4) is 0 Å². The van der Waals surface area contributed by atoms with Crippen molar-refractivity contribution in [1.29, 1.82) is 0 Å². The molecule has 0 bridgehead atoms. The third kappa shape index (κ3) is 5.60. The van der Waals surface area contributed by atoms with E-state index in [1.54, 1.807) is 0 Å². The molecule has 1 amide bonds. The molecule has 0 fully saturated rings. The summed E-state index contributed by atoms with van der Waals surface area (Å²) >= 11 is 0. The van der Waals surface area contributed by atoms with Crippen LogP contribution in [0, 0.1) is 0 Å². The van der Waals surface area contributed by atoms with Gasteiger partial charge in [-0.25, -0.2) is 4.79 Å². The van der Waals surface area contributed by atoms with Crippen LogP contribution in [0.2, 0.25) is 0 Å². The first-order chi connectivity index (χ1) is 5.93. The second kappa shape index (κ2) is 5.08. The minimum Gasteiger partial charge on any atom is -0.478 e. The van der Waals surface area contributed by atoms with Crippen molar-refractivity contribution < 1.29 is 19.5 Å². The zero-order chi connectivity index (χ0) is 10.4. The average Bonchev–Trinajstić information content (AvgIpc) is 2.00. The molecule has 0 radical (unpaired) electrons. The molecular weight excluding hydrogens is 174 g/mol. The zero-order valence-corrected chi connectivity index (χ0v) is 7.40. The summed E-state index contributed by atoms with van der Waals surface area (Å²) in [5, 5.41) is 10.5. The second-order valence-corrected chi connectivity index (χ2v) is 2.51. The van der Waals surface area contributed by atoms with Crippen LogP contribution in [0.25, 0.3) is 0 Å². The highest BCUT2D eigenvalue weighted by Crippen LogP contribution is 1.84. The molecule has 0 spiro atoms. The fourth-order valence-corrected chi connectivity index (χ4v) is 0.510. The molecule has 5 heteroatoms. The van der Waals surface area contributed by atoms with Gasteiger partial charge in [0, 0.05) is 12.2 Å². The Hall–Kier alpha value is -1.65. The number of amides is 1. The van der Waals surface area contributed by atoms with E-state index < -0.39 is 17.9 Å². The molecule has 2 N–H and O–H groups in total. The molecule has 0 heterocycles. The van der Waals surface area contributed by atoms with Crippen molar-refractivity contribution >= 4 is 17.7 Å². The third-order valence-corrected chi connectivity index (χ3v) is 1.35. The van der Waals surface area contributed by atoms with E-state index in [4.69, 9.17) is 5.11 Å². The smallest absolute Gasteiger partial charge is 0.328 e. The summed E-state index contributed by atoms with van der Waals surface area (Å²) < 4.78 is 0. The Bertz CT molecular complexity index is 257. The predicted octanol–water partition coefficient (Wildman–Crippen LogP) is -0.279. The number of carboxylic acid groups (broad SMARTS) is 1. The van der Waals surface area contributed by atoms with Gasteiger partial charge in [-0.15, -0.1) is 0 Å². The van der Waals surface area contributed by atoms with Crippen molar-refractivity contribution in [1.82, 2.24) is 5.32 Å². The first kappa shape index (κ1) is 11.4. The summed E-state index contributed by atoms with van der Waals surface area (Å²) in [4.78, 5) is 31.5. The monoisotopic (exact) mass is 185 g/mol. The average molecular weight is 185 g/mol. The number of nitrogens with one attached hydrogen (secondary N) is 1. The number of hydrogen-bond donors (Lipinski definition) is 2. The molecule has 0 aromatic rings. The van der Waals surface area contributed by atoms with Crippen molar-refractivity contribution in [3.05, 3.63) is 12.2 Å². The van der Waals surface area contributed by atoms with Gasteiger partial charge in [0.15, 0.2) is 5.78 Å². The van der Waals surface area contributed by atoms with E-state index in [1.807, 2.05) is 0 Å². The lowest BCUT2D eigenvalue weighted by Gasteiger charge is -2.06. The lowest BCUT2D eigenvalue weighted by atomic mass is 10.2. The van der Waals surface area contributed by atoms with E-state index in [1.165, 1.54) is 13.8 Å². The lowest BCUT2D eigenvalue weighted by molar-refractivity contribution is -0.131. The maximum atomic E-state index is 10.8. The molecule has 0 aliphatic heterocycles. The van der Waals surface area contributed by atoms with Crippen molar-refractivity contribution in [2.24, 2.45) is 0 Å². The fourth-order valence-electron chi connectivity index (χ4n) is 0.510. The van der Waals surface area contributed by atoms with Crippen LogP contribution in [0.1, 0.15) is 13.8 Å². The van der Waals surface area contributed by atoms with Crippen LogP contribution in [0.15, 0.2) is 12.2 Å². The first-order valence-electron chi connectivity index (χ1n) is 3.65. The number of carboxylic acids is 1. The van der Waals surface area contributed by atoms with E-state index in [9.17, 15) is 14.4 Å². The standard InChI is InChI=1S/C8H11NO4/c1-5(6(2)10)9-7(11)3-4-8(12)13/h3-5H,1-2H3,(H,9,11)(H,12,13)/b4-3-. The Morgan fingerprint density at radius 2 is 1.85 bits per heavy atom. The summed E-state index contributed by atoms with van der Waals surface area (Å²) in [6.45, 7) is 2.86. The minimum absolute atomic E-state index is 0.183. The summed E-state index contributed by atoms with van der Waals surface area (Å²) in [5.41, 5.74) is 0. The second-order valence-electron chi connectivity index (χ2n) is 2.51. The molecule has 1 unspecified atom stereocenters. The molecule has 0 rings (SSSR count). The van der Waals surface area contributed by atoms with Crippen LogP contribution in [0.5, 0.6) is 0 Å². The maximum absolute atomic E-state index is 10.8. The molecular formula is C8H11NO4. The van der Waals surface area contributed by atoms with Gasteiger partial charge in [-0.3, -0.25) is 9.59 Å². The fraction of sp³-hybridized carbons (Fsp3) is 0.375. The summed E-state index contributed by atoms with van der Waals surface area (Å²) in [5.74, 6) is -1.98. The Balaban J connectivity index is 4.02. The van der Waals surface area contributed by atoms with Gasteiger partial charge in [-0.05, 0) is 13.8 Å². The topological polar surface area (TPSA) is 83.5 Å². The number of carbonyl (C=O) groups is 3. The highest BCUT2D eigenvalue weighted by molar-refractivity contribution is 5.96. The number of aliphatic carboxylic acids is 1.